The van der Waals surface area contributed by atoms with Gasteiger partial charge >= 0.3 is 6.18 Å². The van der Waals surface area contributed by atoms with Gasteiger partial charge in [0.1, 0.15) is 5.82 Å². The Labute approximate surface area is 218 Å². The molecular weight excluding hydrogens is 528 g/mol. The summed E-state index contributed by atoms with van der Waals surface area (Å²) in [6.45, 7) is 6.52. The van der Waals surface area contributed by atoms with Gasteiger partial charge in [0.25, 0.3) is 10.0 Å². The van der Waals surface area contributed by atoms with E-state index in [0.717, 1.165) is 30.3 Å². The summed E-state index contributed by atoms with van der Waals surface area (Å²) in [5, 5.41) is -0.642. The topological polar surface area (TPSA) is 102 Å². The number of pyridine rings is 2. The smallest absolute Gasteiger partial charge is 0.377 e. The zero-order valence-electron chi connectivity index (χ0n) is 21.0. The fraction of sp³-hybridized carbons (Fsp3) is 0.360. The van der Waals surface area contributed by atoms with Crippen molar-refractivity contribution < 1.29 is 35.6 Å². The van der Waals surface area contributed by atoms with Crippen LogP contribution in [-0.2, 0) is 32.4 Å². The number of alkyl halides is 3. The second kappa shape index (κ2) is 12.2. The van der Waals surface area contributed by atoms with Gasteiger partial charge in [0, 0.05) is 18.7 Å². The minimum absolute atomic E-state index is 0.00154. The van der Waals surface area contributed by atoms with Crippen molar-refractivity contribution in [3.8, 4) is 11.3 Å². The second-order valence-corrected chi connectivity index (χ2v) is 10.8. The maximum absolute atomic E-state index is 13.9. The van der Waals surface area contributed by atoms with E-state index in [1.165, 1.54) is 6.07 Å². The van der Waals surface area contributed by atoms with E-state index < -0.39 is 38.4 Å². The third-order valence-corrected chi connectivity index (χ3v) is 6.14. The maximum atomic E-state index is 13.9. The maximum Gasteiger partial charge on any atom is 0.418 e. The first kappa shape index (κ1) is 29.4. The minimum Gasteiger partial charge on any atom is -0.377 e. The molecule has 0 amide bonds. The van der Waals surface area contributed by atoms with Crippen LogP contribution in [0.1, 0.15) is 38.3 Å². The van der Waals surface area contributed by atoms with Crippen LogP contribution in [0.4, 0.5) is 23.4 Å². The number of hydrogen-bond acceptors (Lipinski definition) is 7. The molecule has 1 aromatic carbocycles. The number of sulfonamides is 1. The van der Waals surface area contributed by atoms with E-state index in [9.17, 15) is 26.0 Å². The highest BCUT2D eigenvalue weighted by molar-refractivity contribution is 7.92. The summed E-state index contributed by atoms with van der Waals surface area (Å²) >= 11 is 0. The average Bonchev–Trinajstić information content (AvgIpc) is 2.82. The van der Waals surface area contributed by atoms with E-state index in [1.807, 2.05) is 20.8 Å². The van der Waals surface area contributed by atoms with E-state index in [2.05, 4.69) is 20.2 Å². The lowest BCUT2D eigenvalue weighted by Crippen LogP contribution is -2.30. The molecule has 3 rings (SSSR count). The number of aromatic nitrogens is 2. The highest BCUT2D eigenvalue weighted by Gasteiger charge is 2.35. The molecule has 0 fully saturated rings. The molecule has 2 heterocycles. The van der Waals surface area contributed by atoms with Crippen LogP contribution >= 0.6 is 0 Å². The van der Waals surface area contributed by atoms with Crippen LogP contribution in [0.15, 0.2) is 59.6 Å². The van der Waals surface area contributed by atoms with Crippen LogP contribution in [0, 0.1) is 5.95 Å². The third kappa shape index (κ3) is 8.45. The number of ether oxygens (including phenoxy) is 1. The van der Waals surface area contributed by atoms with Crippen molar-refractivity contribution in [2.45, 2.75) is 50.6 Å². The number of hydrogen-bond donors (Lipinski definition) is 2. The molecule has 0 spiro atoms. The van der Waals surface area contributed by atoms with Crippen molar-refractivity contribution in [1.29, 1.82) is 0 Å². The largest absolute Gasteiger partial charge is 0.418 e. The molecule has 2 aromatic heterocycles. The van der Waals surface area contributed by atoms with Crippen molar-refractivity contribution in [3.63, 3.8) is 0 Å². The molecular formula is C25H28F4N4O4S. The summed E-state index contributed by atoms with van der Waals surface area (Å²) < 4.78 is 88.0. The Hall–Kier alpha value is -3.13. The minimum atomic E-state index is -4.77. The Balaban J connectivity index is 1.83. The van der Waals surface area contributed by atoms with Gasteiger partial charge in [-0.2, -0.15) is 26.0 Å². The van der Waals surface area contributed by atoms with Gasteiger partial charge in [0.05, 0.1) is 23.5 Å². The number of benzene rings is 1. The first-order valence-electron chi connectivity index (χ1n) is 11.6. The van der Waals surface area contributed by atoms with E-state index in [1.54, 1.807) is 18.2 Å². The van der Waals surface area contributed by atoms with Crippen LogP contribution in [0.5, 0.6) is 0 Å². The van der Waals surface area contributed by atoms with E-state index >= 15 is 0 Å². The predicted octanol–water partition coefficient (Wildman–Crippen LogP) is 5.33. The van der Waals surface area contributed by atoms with E-state index in [0.29, 0.717) is 25.1 Å². The third-order valence-electron chi connectivity index (χ3n) is 4.88. The van der Waals surface area contributed by atoms with Crippen LogP contribution in [-0.4, -0.2) is 37.1 Å². The second-order valence-electron chi connectivity index (χ2n) is 9.17. The van der Waals surface area contributed by atoms with Crippen LogP contribution in [0.3, 0.4) is 0 Å². The zero-order chi connectivity index (χ0) is 28.0. The van der Waals surface area contributed by atoms with Crippen molar-refractivity contribution in [3.05, 3.63) is 71.7 Å². The molecule has 2 N–H and O–H groups in total. The van der Waals surface area contributed by atoms with Gasteiger partial charge in [-0.25, -0.2) is 15.4 Å². The van der Waals surface area contributed by atoms with Gasteiger partial charge in [-0.05, 0) is 57.0 Å². The quantitative estimate of drug-likeness (QED) is 0.142. The number of hydroxylamine groups is 1. The normalized spacial score (nSPS) is 12.5. The SMILES string of the molecule is CC(C)(C)ONCCCOCc1ccccc1-c1nc(NS(=O)(=O)c2cccc(F)n2)ccc1C(F)(F)F. The van der Waals surface area contributed by atoms with E-state index in [-0.39, 0.29) is 23.6 Å². The lowest BCUT2D eigenvalue weighted by atomic mass is 10.00. The molecule has 0 saturated heterocycles. The van der Waals surface area contributed by atoms with Crippen molar-refractivity contribution >= 4 is 15.8 Å². The van der Waals surface area contributed by atoms with Crippen molar-refractivity contribution in [2.75, 3.05) is 17.9 Å². The number of rotatable bonds is 11. The lowest BCUT2D eigenvalue weighted by Gasteiger charge is -2.19. The monoisotopic (exact) mass is 556 g/mol. The van der Waals surface area contributed by atoms with E-state index in [4.69, 9.17) is 9.57 Å². The first-order chi connectivity index (χ1) is 17.8. The number of nitrogens with one attached hydrogen (secondary N) is 2. The molecule has 13 heteroatoms. The number of nitrogens with zero attached hydrogens (tertiary/aromatic N) is 2. The molecule has 3 aromatic rings. The van der Waals surface area contributed by atoms with Gasteiger partial charge in [0.2, 0.25) is 5.95 Å². The van der Waals surface area contributed by atoms with Gasteiger partial charge in [-0.1, -0.05) is 30.3 Å². The Morgan fingerprint density at radius 1 is 0.947 bits per heavy atom. The standard InChI is InChI=1S/C25H28F4N4O4S/c1-24(2,3)37-30-14-7-15-36-16-17-8-4-5-9-18(17)23-19(25(27,28)29)12-13-21(32-23)33-38(34,35)22-11-6-10-20(26)31-22/h4-6,8-13,30H,7,14-16H2,1-3H3,(H,32,33). The molecule has 0 bridgehead atoms. The van der Waals surface area contributed by atoms with Crippen molar-refractivity contribution in [1.82, 2.24) is 15.4 Å². The molecule has 206 valence electrons. The molecule has 0 aliphatic heterocycles. The molecule has 0 atom stereocenters. The van der Waals surface area contributed by atoms with Gasteiger partial charge in [0.15, 0.2) is 5.03 Å². The summed E-state index contributed by atoms with van der Waals surface area (Å²) in [6, 6.07) is 11.0. The van der Waals surface area contributed by atoms with Gasteiger partial charge < -0.3 is 4.74 Å². The predicted molar refractivity (Wildman–Crippen MR) is 133 cm³/mol. The first-order valence-corrected chi connectivity index (χ1v) is 13.0. The molecule has 0 aliphatic rings. The molecule has 0 saturated carbocycles. The fourth-order valence-electron chi connectivity index (χ4n) is 3.25. The Bertz CT molecular complexity index is 1350. The molecule has 38 heavy (non-hydrogen) atoms. The Kier molecular flexibility index (Phi) is 9.41. The molecule has 8 nitrogen and oxygen atoms in total. The highest BCUT2D eigenvalue weighted by Crippen LogP contribution is 2.38. The summed E-state index contributed by atoms with van der Waals surface area (Å²) in [5.74, 6) is -1.42. The molecule has 0 radical (unpaired) electrons. The molecule has 0 unspecified atom stereocenters. The Morgan fingerprint density at radius 3 is 2.37 bits per heavy atom. The molecule has 0 aliphatic carbocycles. The number of halogens is 4. The summed E-state index contributed by atoms with van der Waals surface area (Å²) in [6.07, 6.45) is -4.17. The summed E-state index contributed by atoms with van der Waals surface area (Å²) in [5.41, 5.74) is 1.49. The van der Waals surface area contributed by atoms with Crippen LogP contribution in [0.25, 0.3) is 11.3 Å². The summed E-state index contributed by atoms with van der Waals surface area (Å²) in [7, 11) is -4.41. The lowest BCUT2D eigenvalue weighted by molar-refractivity contribution is -0.137. The van der Waals surface area contributed by atoms with Crippen molar-refractivity contribution in [2.24, 2.45) is 0 Å². The van der Waals surface area contributed by atoms with Gasteiger partial charge in [-0.15, -0.1) is 0 Å². The average molecular weight is 557 g/mol. The van der Waals surface area contributed by atoms with Gasteiger partial charge in [-0.3, -0.25) is 9.56 Å². The fourth-order valence-corrected chi connectivity index (χ4v) is 4.21. The zero-order valence-corrected chi connectivity index (χ0v) is 21.8. The highest BCUT2D eigenvalue weighted by atomic mass is 32.2. The van der Waals surface area contributed by atoms with Crippen LogP contribution < -0.4 is 10.2 Å². The summed E-state index contributed by atoms with van der Waals surface area (Å²) in [4.78, 5) is 12.7. The van der Waals surface area contributed by atoms with Crippen LogP contribution in [0.2, 0.25) is 0 Å². The Morgan fingerprint density at radius 2 is 1.68 bits per heavy atom. The number of anilines is 1.